The summed E-state index contributed by atoms with van der Waals surface area (Å²) < 4.78 is 39.0. The molecule has 2 heterocycles. The van der Waals surface area contributed by atoms with E-state index in [4.69, 9.17) is 4.74 Å². The number of carbonyl (C=O) groups excluding carboxylic acids is 2. The third kappa shape index (κ3) is 4.05. The van der Waals surface area contributed by atoms with E-state index in [1.807, 2.05) is 13.0 Å². The van der Waals surface area contributed by atoms with Crippen molar-refractivity contribution in [2.24, 2.45) is 7.05 Å². The summed E-state index contributed by atoms with van der Waals surface area (Å²) in [4.78, 5) is 24.7. The molecular formula is C20H25N3O6S. The van der Waals surface area contributed by atoms with Crippen molar-refractivity contribution in [1.82, 2.24) is 8.87 Å². The van der Waals surface area contributed by atoms with E-state index >= 15 is 0 Å². The molecule has 162 valence electrons. The van der Waals surface area contributed by atoms with Gasteiger partial charge in [0.1, 0.15) is 22.4 Å². The van der Waals surface area contributed by atoms with Gasteiger partial charge in [-0.05, 0) is 43.5 Å². The van der Waals surface area contributed by atoms with Gasteiger partial charge in [-0.15, -0.1) is 0 Å². The first-order valence-electron chi connectivity index (χ1n) is 9.41. The van der Waals surface area contributed by atoms with E-state index in [9.17, 15) is 18.0 Å². The molecule has 0 saturated carbocycles. The normalized spacial score (nSPS) is 17.0. The van der Waals surface area contributed by atoms with Gasteiger partial charge in [-0.2, -0.15) is 4.31 Å². The molecule has 0 bridgehead atoms. The van der Waals surface area contributed by atoms with Crippen LogP contribution in [0, 0.1) is 6.92 Å². The van der Waals surface area contributed by atoms with Crippen molar-refractivity contribution >= 4 is 27.6 Å². The molecule has 2 aromatic rings. The number of aromatic nitrogens is 1. The van der Waals surface area contributed by atoms with Gasteiger partial charge in [-0.1, -0.05) is 6.07 Å². The van der Waals surface area contributed by atoms with Crippen molar-refractivity contribution in [3.05, 3.63) is 41.7 Å². The van der Waals surface area contributed by atoms with Crippen molar-refractivity contribution < 1.29 is 27.5 Å². The average Bonchev–Trinajstić information content (AvgIpc) is 3.35. The van der Waals surface area contributed by atoms with Gasteiger partial charge in [0.2, 0.25) is 15.9 Å². The lowest BCUT2D eigenvalue weighted by atomic mass is 10.1. The number of nitrogens with one attached hydrogen (secondary N) is 1. The third-order valence-corrected chi connectivity index (χ3v) is 6.97. The Bertz CT molecular complexity index is 1080. The summed E-state index contributed by atoms with van der Waals surface area (Å²) in [6, 6.07) is 5.77. The van der Waals surface area contributed by atoms with Gasteiger partial charge in [-0.3, -0.25) is 4.79 Å². The predicted octanol–water partition coefficient (Wildman–Crippen LogP) is 1.92. The Morgan fingerprint density at radius 1 is 1.20 bits per heavy atom. The molecule has 3 rings (SSSR count). The fourth-order valence-corrected chi connectivity index (χ4v) is 5.27. The van der Waals surface area contributed by atoms with Crippen LogP contribution in [0.3, 0.4) is 0 Å². The average molecular weight is 436 g/mol. The first kappa shape index (κ1) is 21.8. The van der Waals surface area contributed by atoms with E-state index in [1.165, 1.54) is 35.4 Å². The summed E-state index contributed by atoms with van der Waals surface area (Å²) >= 11 is 0. The highest BCUT2D eigenvalue weighted by atomic mass is 32.2. The standard InChI is InChI=1S/C20H25N3O6S/c1-13-7-8-18(28-3)15(10-13)21-19(24)16-6-5-9-23(16)30(26,27)14-11-17(20(25)29-4)22(2)12-14/h7-8,10-12,16H,5-6,9H2,1-4H3,(H,21,24)/t16-/m1/s1. The van der Waals surface area contributed by atoms with E-state index in [-0.39, 0.29) is 17.1 Å². The van der Waals surface area contributed by atoms with E-state index in [2.05, 4.69) is 10.1 Å². The highest BCUT2D eigenvalue weighted by Crippen LogP contribution is 2.30. The Morgan fingerprint density at radius 3 is 2.60 bits per heavy atom. The summed E-state index contributed by atoms with van der Waals surface area (Å²) in [6.45, 7) is 2.10. The SMILES string of the molecule is COC(=O)c1cc(S(=O)(=O)N2CCC[C@@H]2C(=O)Nc2cc(C)ccc2OC)cn1C. The predicted molar refractivity (Wildman–Crippen MR) is 110 cm³/mol. The lowest BCUT2D eigenvalue weighted by molar-refractivity contribution is -0.119. The zero-order valence-corrected chi connectivity index (χ0v) is 18.2. The van der Waals surface area contributed by atoms with Crippen LogP contribution in [0.5, 0.6) is 5.75 Å². The maximum atomic E-state index is 13.2. The largest absolute Gasteiger partial charge is 0.495 e. The number of hydrogen-bond acceptors (Lipinski definition) is 6. The highest BCUT2D eigenvalue weighted by molar-refractivity contribution is 7.89. The second-order valence-corrected chi connectivity index (χ2v) is 9.02. The Kier molecular flexibility index (Phi) is 6.18. The lowest BCUT2D eigenvalue weighted by Crippen LogP contribution is -2.43. The van der Waals surface area contributed by atoms with Gasteiger partial charge in [-0.25, -0.2) is 13.2 Å². The fraction of sp³-hybridized carbons (Fsp3) is 0.400. The first-order chi connectivity index (χ1) is 14.2. The van der Waals surface area contributed by atoms with E-state index in [0.717, 1.165) is 5.56 Å². The van der Waals surface area contributed by atoms with Gasteiger partial charge < -0.3 is 19.4 Å². The molecule has 0 unspecified atom stereocenters. The molecule has 0 radical (unpaired) electrons. The van der Waals surface area contributed by atoms with Crippen molar-refractivity contribution in [1.29, 1.82) is 0 Å². The molecule has 1 aliphatic heterocycles. The Morgan fingerprint density at radius 2 is 1.93 bits per heavy atom. The van der Waals surface area contributed by atoms with Crippen LogP contribution >= 0.6 is 0 Å². The van der Waals surface area contributed by atoms with Crippen molar-refractivity contribution in [3.63, 3.8) is 0 Å². The molecule has 1 aliphatic rings. The number of ether oxygens (including phenoxy) is 2. The topological polar surface area (TPSA) is 107 Å². The number of anilines is 1. The number of amides is 1. The second-order valence-electron chi connectivity index (χ2n) is 7.13. The number of rotatable bonds is 6. The highest BCUT2D eigenvalue weighted by Gasteiger charge is 2.40. The number of benzene rings is 1. The molecule has 1 atom stereocenters. The minimum atomic E-state index is -3.98. The molecule has 10 heteroatoms. The van der Waals surface area contributed by atoms with Crippen LogP contribution in [0.2, 0.25) is 0 Å². The monoisotopic (exact) mass is 435 g/mol. The maximum absolute atomic E-state index is 13.2. The molecule has 1 N–H and O–H groups in total. The molecule has 1 saturated heterocycles. The summed E-state index contributed by atoms with van der Waals surface area (Å²) in [7, 11) is 0.306. The van der Waals surface area contributed by atoms with Crippen molar-refractivity contribution in [2.45, 2.75) is 30.7 Å². The number of aryl methyl sites for hydroxylation is 2. The van der Waals surface area contributed by atoms with Gasteiger partial charge >= 0.3 is 5.97 Å². The Hall–Kier alpha value is -2.85. The molecule has 0 spiro atoms. The molecule has 1 fully saturated rings. The van der Waals surface area contributed by atoms with Crippen LogP contribution in [0.15, 0.2) is 35.4 Å². The van der Waals surface area contributed by atoms with Crippen molar-refractivity contribution in [2.75, 3.05) is 26.1 Å². The van der Waals surface area contributed by atoms with Gasteiger partial charge in [0.25, 0.3) is 0 Å². The number of carbonyl (C=O) groups is 2. The van der Waals surface area contributed by atoms with Gasteiger partial charge in [0.15, 0.2) is 0 Å². The molecule has 0 aliphatic carbocycles. The molecular weight excluding hydrogens is 410 g/mol. The molecule has 1 amide bonds. The van der Waals surface area contributed by atoms with Crippen LogP contribution in [-0.2, 0) is 26.6 Å². The minimum absolute atomic E-state index is 0.0572. The summed E-state index contributed by atoms with van der Waals surface area (Å²) in [5, 5.41) is 2.79. The molecule has 1 aromatic carbocycles. The number of nitrogens with zero attached hydrogens (tertiary/aromatic N) is 2. The zero-order chi connectivity index (χ0) is 22.1. The van der Waals surface area contributed by atoms with Crippen LogP contribution < -0.4 is 10.1 Å². The van der Waals surface area contributed by atoms with E-state index < -0.39 is 27.9 Å². The summed E-state index contributed by atoms with van der Waals surface area (Å²) in [5.74, 6) is -0.572. The second kappa shape index (κ2) is 8.49. The van der Waals surface area contributed by atoms with Gasteiger partial charge in [0, 0.05) is 19.8 Å². The smallest absolute Gasteiger partial charge is 0.354 e. The number of hydrogen-bond donors (Lipinski definition) is 1. The van der Waals surface area contributed by atoms with E-state index in [1.54, 1.807) is 19.2 Å². The number of methoxy groups -OCH3 is 2. The molecule has 30 heavy (non-hydrogen) atoms. The lowest BCUT2D eigenvalue weighted by Gasteiger charge is -2.23. The maximum Gasteiger partial charge on any atom is 0.354 e. The number of sulfonamides is 1. The Balaban J connectivity index is 1.87. The Labute approximate surface area is 175 Å². The zero-order valence-electron chi connectivity index (χ0n) is 17.3. The quantitative estimate of drug-likeness (QED) is 0.695. The van der Waals surface area contributed by atoms with Crippen LogP contribution in [0.4, 0.5) is 5.69 Å². The van der Waals surface area contributed by atoms with Crippen LogP contribution in [-0.4, -0.2) is 56.0 Å². The van der Waals surface area contributed by atoms with Crippen LogP contribution in [0.1, 0.15) is 28.9 Å². The van der Waals surface area contributed by atoms with E-state index in [0.29, 0.717) is 24.3 Å². The van der Waals surface area contributed by atoms with Crippen LogP contribution in [0.25, 0.3) is 0 Å². The fourth-order valence-electron chi connectivity index (χ4n) is 3.54. The third-order valence-electron chi connectivity index (χ3n) is 5.10. The summed E-state index contributed by atoms with van der Waals surface area (Å²) in [5.41, 5.74) is 1.53. The molecule has 1 aromatic heterocycles. The number of esters is 1. The van der Waals surface area contributed by atoms with Crippen molar-refractivity contribution in [3.8, 4) is 5.75 Å². The van der Waals surface area contributed by atoms with Gasteiger partial charge in [0.05, 0.1) is 19.9 Å². The summed E-state index contributed by atoms with van der Waals surface area (Å²) in [6.07, 6.45) is 2.30. The molecule has 9 nitrogen and oxygen atoms in total. The minimum Gasteiger partial charge on any atom is -0.495 e. The first-order valence-corrected chi connectivity index (χ1v) is 10.8.